The number of nitrogens with zero attached hydrogens (tertiary/aromatic N) is 3. The molecule has 2 heterocycles. The number of benzene rings is 1. The fourth-order valence-electron chi connectivity index (χ4n) is 2.42. The third-order valence-corrected chi connectivity index (χ3v) is 3.41. The van der Waals surface area contributed by atoms with Gasteiger partial charge in [-0.25, -0.2) is 4.68 Å². The number of hydrogen-bond acceptors (Lipinski definition) is 5. The molecule has 7 heteroatoms. The van der Waals surface area contributed by atoms with Crippen LogP contribution >= 0.6 is 0 Å². The van der Waals surface area contributed by atoms with Crippen LogP contribution in [-0.2, 0) is 17.8 Å². The van der Waals surface area contributed by atoms with E-state index in [1.807, 2.05) is 6.92 Å². The summed E-state index contributed by atoms with van der Waals surface area (Å²) in [5, 5.41) is 15.4. The molecule has 0 saturated carbocycles. The first kappa shape index (κ1) is 12.6. The van der Waals surface area contributed by atoms with Crippen molar-refractivity contribution < 1.29 is 9.66 Å². The van der Waals surface area contributed by atoms with E-state index in [9.17, 15) is 10.1 Å². The van der Waals surface area contributed by atoms with Crippen molar-refractivity contribution >= 4 is 11.5 Å². The molecule has 2 aromatic rings. The minimum absolute atomic E-state index is 0.0207. The zero-order chi connectivity index (χ0) is 14.3. The Balaban J connectivity index is 2.23. The molecule has 1 aromatic heterocycles. The number of nitro groups is 1. The average Bonchev–Trinajstić information content (AvgIpc) is 2.76. The van der Waals surface area contributed by atoms with Gasteiger partial charge in [-0.1, -0.05) is 6.07 Å². The van der Waals surface area contributed by atoms with Crippen LogP contribution in [0.2, 0.25) is 0 Å². The quantitative estimate of drug-likeness (QED) is 0.664. The van der Waals surface area contributed by atoms with Crippen LogP contribution in [0.1, 0.15) is 16.8 Å². The van der Waals surface area contributed by atoms with Crippen molar-refractivity contribution in [2.75, 3.05) is 12.3 Å². The van der Waals surface area contributed by atoms with E-state index in [-0.39, 0.29) is 5.69 Å². The molecule has 0 radical (unpaired) electrons. The van der Waals surface area contributed by atoms with E-state index in [0.29, 0.717) is 31.1 Å². The second-order valence-corrected chi connectivity index (χ2v) is 4.77. The minimum Gasteiger partial charge on any atom is -0.382 e. The van der Waals surface area contributed by atoms with E-state index in [1.54, 1.807) is 16.8 Å². The molecule has 0 fully saturated rings. The molecule has 0 aliphatic carbocycles. The molecular formula is C13H14N4O3. The average molecular weight is 274 g/mol. The van der Waals surface area contributed by atoms with E-state index in [1.165, 1.54) is 6.07 Å². The summed E-state index contributed by atoms with van der Waals surface area (Å²) < 4.78 is 6.94. The number of nitrogen functional groups attached to an aromatic ring is 1. The standard InChI is InChI=1S/C13H14N4O3/c1-8-2-3-11(17(18)19)12(6-8)16-10-4-5-20-7-9(10)13(14)15-16/h2-3,6H,4-5,7H2,1H3,(H2,14,15). The predicted octanol–water partition coefficient (Wildman–Crippen LogP) is 1.74. The van der Waals surface area contributed by atoms with Gasteiger partial charge in [-0.3, -0.25) is 10.1 Å². The van der Waals surface area contributed by atoms with Crippen LogP contribution in [0.25, 0.3) is 5.69 Å². The molecule has 0 saturated heterocycles. The van der Waals surface area contributed by atoms with Crippen LogP contribution in [0, 0.1) is 17.0 Å². The summed E-state index contributed by atoms with van der Waals surface area (Å²) in [5.41, 5.74) is 9.00. The van der Waals surface area contributed by atoms with E-state index in [2.05, 4.69) is 5.10 Å². The van der Waals surface area contributed by atoms with Crippen molar-refractivity contribution in [3.63, 3.8) is 0 Å². The third-order valence-electron chi connectivity index (χ3n) is 3.41. The number of anilines is 1. The van der Waals surface area contributed by atoms with E-state index in [4.69, 9.17) is 10.5 Å². The molecule has 0 atom stereocenters. The zero-order valence-electron chi connectivity index (χ0n) is 11.0. The molecule has 1 aromatic carbocycles. The summed E-state index contributed by atoms with van der Waals surface area (Å²) in [4.78, 5) is 10.8. The molecule has 104 valence electrons. The van der Waals surface area contributed by atoms with Gasteiger partial charge in [0.2, 0.25) is 0 Å². The van der Waals surface area contributed by atoms with Gasteiger partial charge in [0.25, 0.3) is 5.69 Å². The normalized spacial score (nSPS) is 14.1. The first-order valence-electron chi connectivity index (χ1n) is 6.27. The van der Waals surface area contributed by atoms with E-state index < -0.39 is 4.92 Å². The van der Waals surface area contributed by atoms with Crippen molar-refractivity contribution in [2.24, 2.45) is 0 Å². The van der Waals surface area contributed by atoms with Crippen LogP contribution in [-0.4, -0.2) is 21.3 Å². The van der Waals surface area contributed by atoms with Crippen molar-refractivity contribution in [1.29, 1.82) is 0 Å². The van der Waals surface area contributed by atoms with Crippen molar-refractivity contribution in [1.82, 2.24) is 9.78 Å². The van der Waals surface area contributed by atoms with Crippen molar-refractivity contribution in [2.45, 2.75) is 20.0 Å². The second-order valence-electron chi connectivity index (χ2n) is 4.77. The Morgan fingerprint density at radius 2 is 2.30 bits per heavy atom. The molecule has 0 spiro atoms. The SMILES string of the molecule is Cc1ccc([N+](=O)[O-])c(-n2nc(N)c3c2CCOC3)c1. The molecule has 1 aliphatic heterocycles. The first-order chi connectivity index (χ1) is 9.58. The van der Waals surface area contributed by atoms with Crippen LogP contribution < -0.4 is 5.73 Å². The van der Waals surface area contributed by atoms with Gasteiger partial charge >= 0.3 is 0 Å². The number of rotatable bonds is 2. The molecule has 0 bridgehead atoms. The highest BCUT2D eigenvalue weighted by Crippen LogP contribution is 2.30. The smallest absolute Gasteiger partial charge is 0.294 e. The maximum atomic E-state index is 11.2. The van der Waals surface area contributed by atoms with Gasteiger partial charge in [-0.05, 0) is 18.6 Å². The van der Waals surface area contributed by atoms with E-state index >= 15 is 0 Å². The maximum Gasteiger partial charge on any atom is 0.294 e. The van der Waals surface area contributed by atoms with Crippen LogP contribution in [0.3, 0.4) is 0 Å². The number of nitrogens with two attached hydrogens (primary N) is 1. The Bertz CT molecular complexity index is 693. The molecule has 20 heavy (non-hydrogen) atoms. The Kier molecular flexibility index (Phi) is 2.90. The van der Waals surface area contributed by atoms with Crippen molar-refractivity contribution in [3.05, 3.63) is 45.1 Å². The number of nitro benzene ring substituents is 1. The fraction of sp³-hybridized carbons (Fsp3) is 0.308. The number of aryl methyl sites for hydroxylation is 1. The Morgan fingerprint density at radius 1 is 1.50 bits per heavy atom. The topological polar surface area (TPSA) is 96.2 Å². The molecule has 1 aliphatic rings. The van der Waals surface area contributed by atoms with Gasteiger partial charge in [-0.15, -0.1) is 5.10 Å². The molecule has 7 nitrogen and oxygen atoms in total. The van der Waals surface area contributed by atoms with Gasteiger partial charge in [0.1, 0.15) is 5.69 Å². The molecule has 2 N–H and O–H groups in total. The summed E-state index contributed by atoms with van der Waals surface area (Å²) in [5.74, 6) is 0.371. The van der Waals surface area contributed by atoms with Crippen molar-refractivity contribution in [3.8, 4) is 5.69 Å². The largest absolute Gasteiger partial charge is 0.382 e. The highest BCUT2D eigenvalue weighted by atomic mass is 16.6. The highest BCUT2D eigenvalue weighted by Gasteiger charge is 2.24. The van der Waals surface area contributed by atoms with Gasteiger partial charge in [0.15, 0.2) is 5.82 Å². The summed E-state index contributed by atoms with van der Waals surface area (Å²) in [6.07, 6.45) is 0.643. The zero-order valence-corrected chi connectivity index (χ0v) is 11.0. The molecule has 0 unspecified atom stereocenters. The third kappa shape index (κ3) is 1.92. The van der Waals surface area contributed by atoms with Gasteiger partial charge in [0, 0.05) is 18.1 Å². The van der Waals surface area contributed by atoms with Gasteiger partial charge in [-0.2, -0.15) is 0 Å². The monoisotopic (exact) mass is 274 g/mol. The summed E-state index contributed by atoms with van der Waals surface area (Å²) in [6.45, 7) is 2.86. The number of ether oxygens (including phenoxy) is 1. The predicted molar refractivity (Wildman–Crippen MR) is 72.7 cm³/mol. The number of aromatic nitrogens is 2. The number of hydrogen-bond donors (Lipinski definition) is 1. The Labute approximate surface area is 115 Å². The van der Waals surface area contributed by atoms with Crippen LogP contribution in [0.4, 0.5) is 11.5 Å². The first-order valence-corrected chi connectivity index (χ1v) is 6.27. The summed E-state index contributed by atoms with van der Waals surface area (Å²) in [6, 6.07) is 4.96. The lowest BCUT2D eigenvalue weighted by Crippen LogP contribution is -2.14. The fourth-order valence-corrected chi connectivity index (χ4v) is 2.42. The minimum atomic E-state index is -0.404. The van der Waals surface area contributed by atoms with E-state index in [0.717, 1.165) is 16.8 Å². The lowest BCUT2D eigenvalue weighted by molar-refractivity contribution is -0.384. The molecule has 0 amide bonds. The van der Waals surface area contributed by atoms with Gasteiger partial charge < -0.3 is 10.5 Å². The maximum absolute atomic E-state index is 11.2. The van der Waals surface area contributed by atoms with Crippen LogP contribution in [0.5, 0.6) is 0 Å². The second kappa shape index (κ2) is 4.61. The highest BCUT2D eigenvalue weighted by molar-refractivity contribution is 5.57. The molecular weight excluding hydrogens is 260 g/mol. The summed E-state index contributed by atoms with van der Waals surface area (Å²) >= 11 is 0. The number of fused-ring (bicyclic) bond motifs is 1. The Morgan fingerprint density at radius 3 is 3.05 bits per heavy atom. The van der Waals surface area contributed by atoms with Gasteiger partial charge in [0.05, 0.1) is 23.8 Å². The lowest BCUT2D eigenvalue weighted by atomic mass is 10.1. The summed E-state index contributed by atoms with van der Waals surface area (Å²) in [7, 11) is 0. The molecule has 3 rings (SSSR count). The Hall–Kier alpha value is -2.41. The van der Waals surface area contributed by atoms with Crippen LogP contribution in [0.15, 0.2) is 18.2 Å². The lowest BCUT2D eigenvalue weighted by Gasteiger charge is -2.14.